The van der Waals surface area contributed by atoms with Crippen molar-refractivity contribution in [2.75, 3.05) is 19.7 Å². The van der Waals surface area contributed by atoms with Crippen LogP contribution in [0.25, 0.3) is 0 Å². The van der Waals surface area contributed by atoms with Crippen molar-refractivity contribution in [2.24, 2.45) is 5.41 Å². The lowest BCUT2D eigenvalue weighted by Gasteiger charge is -2.41. The summed E-state index contributed by atoms with van der Waals surface area (Å²) < 4.78 is 5.52. The number of piperidine rings is 1. The predicted octanol–water partition coefficient (Wildman–Crippen LogP) is 4.20. The third kappa shape index (κ3) is 6.69. The molecule has 1 saturated heterocycles. The van der Waals surface area contributed by atoms with E-state index in [0.717, 1.165) is 31.5 Å². The van der Waals surface area contributed by atoms with E-state index in [4.69, 9.17) is 4.74 Å². The minimum absolute atomic E-state index is 0.0826. The third-order valence-electron chi connectivity index (χ3n) is 5.62. The van der Waals surface area contributed by atoms with Gasteiger partial charge in [0.05, 0.1) is 12.0 Å². The zero-order chi connectivity index (χ0) is 22.3. The van der Waals surface area contributed by atoms with Gasteiger partial charge in [0.15, 0.2) is 0 Å². The topological polar surface area (TPSA) is 49.8 Å². The van der Waals surface area contributed by atoms with Crippen molar-refractivity contribution in [1.82, 2.24) is 4.90 Å². The van der Waals surface area contributed by atoms with Crippen molar-refractivity contribution in [3.63, 3.8) is 0 Å². The van der Waals surface area contributed by atoms with Gasteiger partial charge in [0, 0.05) is 18.7 Å². The number of hydrogen-bond acceptors (Lipinski definition) is 4. The highest BCUT2D eigenvalue weighted by Crippen LogP contribution is 2.36. The van der Waals surface area contributed by atoms with Gasteiger partial charge in [-0.2, -0.15) is 0 Å². The molecule has 2 aromatic carbocycles. The molecule has 1 atom stereocenters. The molecule has 0 unspecified atom stereocenters. The van der Waals surface area contributed by atoms with Crippen molar-refractivity contribution in [1.29, 1.82) is 0 Å². The largest absolute Gasteiger partial charge is 0.466 e. The van der Waals surface area contributed by atoms with Crippen LogP contribution in [0, 0.1) is 17.3 Å². The normalized spacial score (nSPS) is 19.4. The van der Waals surface area contributed by atoms with Gasteiger partial charge in [-0.1, -0.05) is 54.3 Å². The van der Waals surface area contributed by atoms with Gasteiger partial charge in [0.1, 0.15) is 5.60 Å². The van der Waals surface area contributed by atoms with E-state index in [9.17, 15) is 9.90 Å². The fourth-order valence-electron chi connectivity index (χ4n) is 4.19. The molecule has 0 radical (unpaired) electrons. The van der Waals surface area contributed by atoms with Gasteiger partial charge in [-0.05, 0) is 69.8 Å². The van der Waals surface area contributed by atoms with Crippen molar-refractivity contribution in [3.05, 3.63) is 71.3 Å². The van der Waals surface area contributed by atoms with Crippen LogP contribution in [0.4, 0.5) is 0 Å². The number of hydrogen-bond donors (Lipinski definition) is 1. The van der Waals surface area contributed by atoms with Crippen LogP contribution in [0.1, 0.15) is 50.3 Å². The van der Waals surface area contributed by atoms with Crippen molar-refractivity contribution >= 4 is 5.97 Å². The second-order valence-electron chi connectivity index (χ2n) is 8.98. The molecule has 0 amide bonds. The molecule has 3 rings (SSSR count). The lowest BCUT2D eigenvalue weighted by Crippen LogP contribution is -2.49. The van der Waals surface area contributed by atoms with Crippen LogP contribution < -0.4 is 0 Å². The monoisotopic (exact) mass is 419 g/mol. The fraction of sp³-hybridized carbons (Fsp3) is 0.444. The minimum Gasteiger partial charge on any atom is -0.466 e. The Morgan fingerprint density at radius 1 is 1.13 bits per heavy atom. The summed E-state index contributed by atoms with van der Waals surface area (Å²) in [6, 6.07) is 18.4. The van der Waals surface area contributed by atoms with Crippen LogP contribution >= 0.6 is 0 Å². The Morgan fingerprint density at radius 3 is 2.48 bits per heavy atom. The van der Waals surface area contributed by atoms with E-state index in [1.54, 1.807) is 13.8 Å². The van der Waals surface area contributed by atoms with Crippen molar-refractivity contribution in [3.8, 4) is 11.8 Å². The number of carbonyl (C=O) groups excluding carboxylic acids is 1. The standard InChI is InChI=1S/C27H33NO3/c1-4-31-25(29)27(19-23-9-6-5-7-10-23)16-8-18-28(21-27)20-24-13-11-22(12-14-24)15-17-26(2,3)30/h5-7,9-14,30H,4,8,16,18-21H2,1-3H3/t27-/m1/s1. The summed E-state index contributed by atoms with van der Waals surface area (Å²) in [4.78, 5) is 15.4. The molecule has 31 heavy (non-hydrogen) atoms. The molecule has 1 fully saturated rings. The second kappa shape index (κ2) is 10.1. The van der Waals surface area contributed by atoms with Gasteiger partial charge < -0.3 is 9.84 Å². The first kappa shape index (κ1) is 23.1. The fourth-order valence-corrected chi connectivity index (χ4v) is 4.19. The first-order valence-electron chi connectivity index (χ1n) is 11.1. The summed E-state index contributed by atoms with van der Waals surface area (Å²) in [5.41, 5.74) is 1.74. The maximum Gasteiger partial charge on any atom is 0.313 e. The van der Waals surface area contributed by atoms with E-state index < -0.39 is 11.0 Å². The van der Waals surface area contributed by atoms with E-state index in [0.29, 0.717) is 19.6 Å². The van der Waals surface area contributed by atoms with Crippen LogP contribution in [0.2, 0.25) is 0 Å². The summed E-state index contributed by atoms with van der Waals surface area (Å²) in [7, 11) is 0. The van der Waals surface area contributed by atoms with Gasteiger partial charge in [-0.15, -0.1) is 0 Å². The summed E-state index contributed by atoms with van der Waals surface area (Å²) in [6.07, 6.45) is 2.53. The predicted molar refractivity (Wildman–Crippen MR) is 123 cm³/mol. The van der Waals surface area contributed by atoms with Gasteiger partial charge >= 0.3 is 5.97 Å². The summed E-state index contributed by atoms with van der Waals surface area (Å²) in [5, 5.41) is 9.77. The average molecular weight is 420 g/mol. The molecule has 0 aliphatic carbocycles. The minimum atomic E-state index is -0.998. The number of rotatable bonds is 6. The lowest BCUT2D eigenvalue weighted by molar-refractivity contribution is -0.159. The van der Waals surface area contributed by atoms with E-state index in [-0.39, 0.29) is 5.97 Å². The Hall–Kier alpha value is -2.61. The van der Waals surface area contributed by atoms with Gasteiger partial charge in [-0.25, -0.2) is 0 Å². The number of likely N-dealkylation sites (tertiary alicyclic amines) is 1. The maximum atomic E-state index is 13.0. The van der Waals surface area contributed by atoms with Gasteiger partial charge in [0.2, 0.25) is 0 Å². The Labute approximate surface area is 186 Å². The number of esters is 1. The molecule has 1 aliphatic rings. The van der Waals surface area contributed by atoms with Crippen LogP contribution in [-0.4, -0.2) is 41.3 Å². The smallest absolute Gasteiger partial charge is 0.313 e. The Kier molecular flexibility index (Phi) is 7.54. The highest BCUT2D eigenvalue weighted by molar-refractivity contribution is 5.77. The summed E-state index contributed by atoms with van der Waals surface area (Å²) >= 11 is 0. The number of carbonyl (C=O) groups is 1. The summed E-state index contributed by atoms with van der Waals surface area (Å²) in [6.45, 7) is 8.08. The zero-order valence-electron chi connectivity index (χ0n) is 18.9. The van der Waals surface area contributed by atoms with Gasteiger partial charge in [-0.3, -0.25) is 9.69 Å². The molecule has 1 heterocycles. The SMILES string of the molecule is CCOC(=O)[C@@]1(Cc2ccccc2)CCCN(Cc2ccc(C#CC(C)(C)O)cc2)C1. The highest BCUT2D eigenvalue weighted by atomic mass is 16.5. The lowest BCUT2D eigenvalue weighted by atomic mass is 9.75. The highest BCUT2D eigenvalue weighted by Gasteiger charge is 2.43. The molecule has 1 N–H and O–H groups in total. The quantitative estimate of drug-likeness (QED) is 0.563. The molecule has 164 valence electrons. The molecule has 4 heteroatoms. The van der Waals surface area contributed by atoms with Crippen LogP contribution in [-0.2, 0) is 22.5 Å². The van der Waals surface area contributed by atoms with E-state index in [2.05, 4.69) is 41.0 Å². The third-order valence-corrected chi connectivity index (χ3v) is 5.62. The number of benzene rings is 2. The van der Waals surface area contributed by atoms with E-state index >= 15 is 0 Å². The van der Waals surface area contributed by atoms with Crippen molar-refractivity contribution in [2.45, 2.75) is 52.2 Å². The van der Waals surface area contributed by atoms with Crippen LogP contribution in [0.15, 0.2) is 54.6 Å². The molecular weight excluding hydrogens is 386 g/mol. The Morgan fingerprint density at radius 2 is 1.84 bits per heavy atom. The second-order valence-corrected chi connectivity index (χ2v) is 8.98. The molecule has 1 aliphatic heterocycles. The molecule has 0 aromatic heterocycles. The average Bonchev–Trinajstić information content (AvgIpc) is 2.74. The summed E-state index contributed by atoms with van der Waals surface area (Å²) in [5.74, 6) is 5.77. The number of ether oxygens (including phenoxy) is 1. The first-order valence-corrected chi connectivity index (χ1v) is 11.1. The molecule has 2 aromatic rings. The Bertz CT molecular complexity index is 919. The molecule has 0 spiro atoms. The Balaban J connectivity index is 1.73. The van der Waals surface area contributed by atoms with Crippen LogP contribution in [0.3, 0.4) is 0 Å². The van der Waals surface area contributed by atoms with E-state index in [1.165, 1.54) is 11.1 Å². The molecule has 0 saturated carbocycles. The number of nitrogens with zero attached hydrogens (tertiary/aromatic N) is 1. The number of aliphatic hydroxyl groups is 1. The molecule has 0 bridgehead atoms. The first-order chi connectivity index (χ1) is 14.8. The van der Waals surface area contributed by atoms with Crippen LogP contribution in [0.5, 0.6) is 0 Å². The maximum absolute atomic E-state index is 13.0. The van der Waals surface area contributed by atoms with E-state index in [1.807, 2.05) is 37.3 Å². The molecule has 4 nitrogen and oxygen atoms in total. The zero-order valence-corrected chi connectivity index (χ0v) is 18.9. The van der Waals surface area contributed by atoms with Crippen molar-refractivity contribution < 1.29 is 14.6 Å². The van der Waals surface area contributed by atoms with Gasteiger partial charge in [0.25, 0.3) is 0 Å². The molecular formula is C27H33NO3.